The Labute approximate surface area is 314 Å². The SMILES string of the molecule is COC(=O)N[C@H](C(=O)NN(CCC(C)C)C[C@H](O)[C@H](Cc1ccccc1)NC(=O)[C@@H](N1CCN(Cc2cccc(CO)n2)C1=O)C(C)(C)C)C(C)(C)C. The summed E-state index contributed by atoms with van der Waals surface area (Å²) >= 11 is 0. The third-order valence-corrected chi connectivity index (χ3v) is 9.21. The van der Waals surface area contributed by atoms with Crippen molar-refractivity contribution in [3.05, 3.63) is 65.5 Å². The van der Waals surface area contributed by atoms with Gasteiger partial charge in [-0.2, -0.15) is 0 Å². The second kappa shape index (κ2) is 19.2. The number of ether oxygens (including phenoxy) is 1. The van der Waals surface area contributed by atoms with Gasteiger partial charge in [0.15, 0.2) is 0 Å². The lowest BCUT2D eigenvalue weighted by atomic mass is 9.84. The van der Waals surface area contributed by atoms with Crippen LogP contribution >= 0.6 is 0 Å². The number of alkyl carbamates (subject to hydrolysis) is 1. The van der Waals surface area contributed by atoms with Crippen molar-refractivity contribution in [2.45, 2.75) is 106 Å². The molecule has 0 saturated carbocycles. The number of pyridine rings is 1. The van der Waals surface area contributed by atoms with Crippen molar-refractivity contribution in [3.8, 4) is 0 Å². The number of hydrazine groups is 1. The van der Waals surface area contributed by atoms with Crippen LogP contribution in [0.5, 0.6) is 0 Å². The Balaban J connectivity index is 1.87. The molecule has 294 valence electrons. The van der Waals surface area contributed by atoms with Crippen LogP contribution in [0, 0.1) is 16.7 Å². The molecule has 0 aliphatic carbocycles. The van der Waals surface area contributed by atoms with Crippen LogP contribution < -0.4 is 16.1 Å². The van der Waals surface area contributed by atoms with E-state index in [2.05, 4.69) is 34.9 Å². The zero-order chi connectivity index (χ0) is 39.5. The van der Waals surface area contributed by atoms with E-state index < -0.39 is 53.0 Å². The Hall–Kier alpha value is -4.27. The predicted octanol–water partition coefficient (Wildman–Crippen LogP) is 3.46. The van der Waals surface area contributed by atoms with E-state index in [0.29, 0.717) is 37.4 Å². The third kappa shape index (κ3) is 13.0. The molecule has 2 heterocycles. The fraction of sp³-hybridized carbons (Fsp3) is 0.615. The van der Waals surface area contributed by atoms with E-state index in [-0.39, 0.29) is 38.1 Å². The Morgan fingerprint density at radius 3 is 2.17 bits per heavy atom. The maximum Gasteiger partial charge on any atom is 0.407 e. The van der Waals surface area contributed by atoms with Crippen molar-refractivity contribution in [2.75, 3.05) is 33.3 Å². The quantitative estimate of drug-likeness (QED) is 0.152. The lowest BCUT2D eigenvalue weighted by molar-refractivity contribution is -0.133. The molecular formula is C39H61N7O7. The van der Waals surface area contributed by atoms with Crippen LogP contribution in [-0.4, -0.2) is 111 Å². The Bertz CT molecular complexity index is 1510. The standard InChI is InChI=1S/C39H61N7O7/c1-26(2)18-19-45(43-34(49)32(38(3,4)5)42-36(51)53-9)24-31(48)30(22-27-14-11-10-12-15-27)41-35(50)33(39(6,7)8)46-21-20-44(37(46)52)23-28-16-13-17-29(25-47)40-28/h10-17,26,30-33,47-48H,18-25H2,1-9H3,(H,41,50)(H,42,51)(H,43,49)/t30-,31-,32+,33+/m0/s1. The number of aliphatic hydroxyl groups is 2. The number of carbonyl (C=O) groups excluding carboxylic acids is 4. The van der Waals surface area contributed by atoms with Crippen molar-refractivity contribution in [3.63, 3.8) is 0 Å². The van der Waals surface area contributed by atoms with Crippen LogP contribution in [0.2, 0.25) is 0 Å². The van der Waals surface area contributed by atoms with Crippen LogP contribution in [0.15, 0.2) is 48.5 Å². The number of nitrogens with zero attached hydrogens (tertiary/aromatic N) is 4. The van der Waals surface area contributed by atoms with Crippen molar-refractivity contribution < 1.29 is 34.1 Å². The monoisotopic (exact) mass is 739 g/mol. The van der Waals surface area contributed by atoms with Crippen LogP contribution in [0.3, 0.4) is 0 Å². The molecule has 0 unspecified atom stereocenters. The summed E-state index contributed by atoms with van der Waals surface area (Å²) in [5, 5.41) is 28.8. The number of hydrogen-bond acceptors (Lipinski definition) is 9. The maximum atomic E-state index is 14.4. The summed E-state index contributed by atoms with van der Waals surface area (Å²) in [5.41, 5.74) is 3.62. The van der Waals surface area contributed by atoms with Gasteiger partial charge in [-0.15, -0.1) is 0 Å². The molecule has 5 N–H and O–H groups in total. The van der Waals surface area contributed by atoms with Crippen LogP contribution in [-0.2, 0) is 33.9 Å². The smallest absolute Gasteiger partial charge is 0.407 e. The molecule has 3 rings (SSSR count). The van der Waals surface area contributed by atoms with Crippen LogP contribution in [0.1, 0.15) is 78.8 Å². The average molecular weight is 740 g/mol. The Kier molecular flexibility index (Phi) is 15.6. The summed E-state index contributed by atoms with van der Waals surface area (Å²) in [6, 6.07) is 11.9. The molecule has 1 aromatic carbocycles. The summed E-state index contributed by atoms with van der Waals surface area (Å²) in [7, 11) is 1.23. The first kappa shape index (κ1) is 43.1. The molecule has 0 spiro atoms. The summed E-state index contributed by atoms with van der Waals surface area (Å²) in [6.45, 7) is 16.4. The van der Waals surface area contributed by atoms with Gasteiger partial charge in [-0.1, -0.05) is 91.8 Å². The molecule has 53 heavy (non-hydrogen) atoms. The van der Waals surface area contributed by atoms with E-state index in [4.69, 9.17) is 4.74 Å². The second-order valence-corrected chi connectivity index (χ2v) is 16.4. The first-order valence-electron chi connectivity index (χ1n) is 18.4. The molecule has 5 amide bonds. The lowest BCUT2D eigenvalue weighted by Crippen LogP contribution is -2.61. The number of nitrogens with one attached hydrogen (secondary N) is 3. The van der Waals surface area contributed by atoms with Gasteiger partial charge in [0.2, 0.25) is 5.91 Å². The molecule has 0 bridgehead atoms. The summed E-state index contributed by atoms with van der Waals surface area (Å²) < 4.78 is 4.77. The van der Waals surface area contributed by atoms with Gasteiger partial charge in [-0.05, 0) is 47.3 Å². The van der Waals surface area contributed by atoms with Gasteiger partial charge >= 0.3 is 12.1 Å². The van der Waals surface area contributed by atoms with Gasteiger partial charge < -0.3 is 35.4 Å². The number of hydrogen-bond donors (Lipinski definition) is 5. The van der Waals surface area contributed by atoms with E-state index in [1.807, 2.05) is 71.9 Å². The van der Waals surface area contributed by atoms with Crippen molar-refractivity contribution in [1.82, 2.24) is 35.9 Å². The number of methoxy groups -OCH3 is 1. The molecule has 14 nitrogen and oxygen atoms in total. The maximum absolute atomic E-state index is 14.4. The highest BCUT2D eigenvalue weighted by atomic mass is 16.5. The number of aromatic nitrogens is 1. The first-order chi connectivity index (χ1) is 24.8. The molecular weight excluding hydrogens is 678 g/mol. The third-order valence-electron chi connectivity index (χ3n) is 9.21. The largest absolute Gasteiger partial charge is 0.453 e. The zero-order valence-corrected chi connectivity index (χ0v) is 32.9. The van der Waals surface area contributed by atoms with E-state index in [1.165, 1.54) is 7.11 Å². The number of urea groups is 1. The number of aliphatic hydroxyl groups excluding tert-OH is 2. The number of benzene rings is 1. The minimum absolute atomic E-state index is 0.0260. The minimum Gasteiger partial charge on any atom is -0.453 e. The highest BCUT2D eigenvalue weighted by Crippen LogP contribution is 2.29. The van der Waals surface area contributed by atoms with E-state index >= 15 is 0 Å². The highest BCUT2D eigenvalue weighted by molar-refractivity contribution is 5.89. The van der Waals surface area contributed by atoms with Gasteiger partial charge in [0.25, 0.3) is 5.91 Å². The summed E-state index contributed by atoms with van der Waals surface area (Å²) in [6.07, 6.45) is -0.894. The molecule has 2 aromatic rings. The van der Waals surface area contributed by atoms with E-state index in [1.54, 1.807) is 33.0 Å². The normalized spacial score (nSPS) is 16.0. The number of amides is 5. The highest BCUT2D eigenvalue weighted by Gasteiger charge is 2.44. The Morgan fingerprint density at radius 1 is 0.925 bits per heavy atom. The summed E-state index contributed by atoms with van der Waals surface area (Å²) in [4.78, 5) is 61.6. The molecule has 14 heteroatoms. The van der Waals surface area contributed by atoms with Crippen molar-refractivity contribution in [2.24, 2.45) is 16.7 Å². The van der Waals surface area contributed by atoms with E-state index in [9.17, 15) is 29.4 Å². The van der Waals surface area contributed by atoms with Gasteiger partial charge in [0.1, 0.15) is 12.1 Å². The molecule has 1 fully saturated rings. The second-order valence-electron chi connectivity index (χ2n) is 16.4. The van der Waals surface area contributed by atoms with Crippen LogP contribution in [0.25, 0.3) is 0 Å². The predicted molar refractivity (Wildman–Crippen MR) is 202 cm³/mol. The molecule has 0 radical (unpaired) electrons. The molecule has 1 saturated heterocycles. The minimum atomic E-state index is -1.15. The summed E-state index contributed by atoms with van der Waals surface area (Å²) in [5.74, 6) is -0.580. The molecule has 1 aromatic heterocycles. The fourth-order valence-electron chi connectivity index (χ4n) is 6.34. The topological polar surface area (TPSA) is 177 Å². The average Bonchev–Trinajstić information content (AvgIpc) is 3.42. The van der Waals surface area contributed by atoms with E-state index in [0.717, 1.165) is 5.56 Å². The molecule has 4 atom stereocenters. The van der Waals surface area contributed by atoms with Gasteiger partial charge in [-0.3, -0.25) is 20.0 Å². The number of rotatable bonds is 17. The van der Waals surface area contributed by atoms with Gasteiger partial charge in [0, 0.05) is 26.2 Å². The Morgan fingerprint density at radius 2 is 1.58 bits per heavy atom. The van der Waals surface area contributed by atoms with Crippen molar-refractivity contribution >= 4 is 23.9 Å². The van der Waals surface area contributed by atoms with Gasteiger partial charge in [-0.25, -0.2) is 14.6 Å². The molecule has 1 aliphatic rings. The molecule has 1 aliphatic heterocycles. The lowest BCUT2D eigenvalue weighted by Gasteiger charge is -2.38. The van der Waals surface area contributed by atoms with Gasteiger partial charge in [0.05, 0.1) is 43.8 Å². The van der Waals surface area contributed by atoms with Crippen molar-refractivity contribution in [1.29, 1.82) is 0 Å². The fourth-order valence-corrected chi connectivity index (χ4v) is 6.34. The zero-order valence-electron chi connectivity index (χ0n) is 32.9. The first-order valence-corrected chi connectivity index (χ1v) is 18.4. The number of carbonyl (C=O) groups is 4. The van der Waals surface area contributed by atoms with Crippen LogP contribution in [0.4, 0.5) is 9.59 Å².